The summed E-state index contributed by atoms with van der Waals surface area (Å²) in [6.45, 7) is 0.484. The van der Waals surface area contributed by atoms with Crippen LogP contribution in [0.2, 0.25) is 5.02 Å². The lowest BCUT2D eigenvalue weighted by atomic mass is 9.95. The van der Waals surface area contributed by atoms with E-state index in [2.05, 4.69) is 5.32 Å². The number of amides is 2. The lowest BCUT2D eigenvalue weighted by Crippen LogP contribution is -2.41. The number of rotatable bonds is 3. The molecule has 0 aliphatic carbocycles. The maximum atomic E-state index is 13.8. The minimum atomic E-state index is -0.920. The van der Waals surface area contributed by atoms with Gasteiger partial charge in [-0.1, -0.05) is 11.6 Å². The number of piperidine rings is 1. The van der Waals surface area contributed by atoms with Gasteiger partial charge in [0.05, 0.1) is 11.3 Å². The summed E-state index contributed by atoms with van der Waals surface area (Å²) < 4.78 is 40.5. The smallest absolute Gasteiger partial charge is 0.256 e. The van der Waals surface area contributed by atoms with Crippen molar-refractivity contribution in [2.45, 2.75) is 12.8 Å². The fourth-order valence-electron chi connectivity index (χ4n) is 3.01. The summed E-state index contributed by atoms with van der Waals surface area (Å²) in [4.78, 5) is 26.1. The first-order valence-corrected chi connectivity index (χ1v) is 8.73. The molecule has 1 aliphatic heterocycles. The van der Waals surface area contributed by atoms with E-state index in [4.69, 9.17) is 11.6 Å². The standard InChI is InChI=1S/C19H16ClF3N2O2/c20-12-1-4-15(22)17(9-12)24-18(26)11-5-7-25(8-6-11)19(27)14-3-2-13(21)10-16(14)23/h1-4,9-11H,5-8H2,(H,24,26). The van der Waals surface area contributed by atoms with Gasteiger partial charge in [-0.15, -0.1) is 0 Å². The number of halogens is 4. The van der Waals surface area contributed by atoms with Crippen molar-refractivity contribution in [3.8, 4) is 0 Å². The van der Waals surface area contributed by atoms with E-state index >= 15 is 0 Å². The van der Waals surface area contributed by atoms with Crippen LogP contribution >= 0.6 is 11.6 Å². The van der Waals surface area contributed by atoms with Gasteiger partial charge in [0.1, 0.15) is 17.5 Å². The Balaban J connectivity index is 1.60. The van der Waals surface area contributed by atoms with Crippen LogP contribution in [0.4, 0.5) is 18.9 Å². The molecule has 8 heteroatoms. The first kappa shape index (κ1) is 19.2. The summed E-state index contributed by atoms with van der Waals surface area (Å²) in [6, 6.07) is 6.66. The van der Waals surface area contributed by atoms with Crippen molar-refractivity contribution in [3.05, 3.63) is 64.4 Å². The van der Waals surface area contributed by atoms with Gasteiger partial charge in [-0.2, -0.15) is 0 Å². The minimum absolute atomic E-state index is 0.000566. The molecule has 1 N–H and O–H groups in total. The van der Waals surface area contributed by atoms with Crippen molar-refractivity contribution < 1.29 is 22.8 Å². The molecule has 0 bridgehead atoms. The van der Waals surface area contributed by atoms with Gasteiger partial charge in [0, 0.05) is 30.1 Å². The van der Waals surface area contributed by atoms with Crippen molar-refractivity contribution in [1.82, 2.24) is 4.90 Å². The molecule has 0 spiro atoms. The van der Waals surface area contributed by atoms with Crippen molar-refractivity contribution in [2.75, 3.05) is 18.4 Å². The SMILES string of the molecule is O=C(Nc1cc(Cl)ccc1F)C1CCN(C(=O)c2ccc(F)cc2F)CC1. The van der Waals surface area contributed by atoms with E-state index in [1.54, 1.807) is 0 Å². The van der Waals surface area contributed by atoms with Crippen molar-refractivity contribution >= 4 is 29.1 Å². The van der Waals surface area contributed by atoms with E-state index in [0.29, 0.717) is 23.9 Å². The summed E-state index contributed by atoms with van der Waals surface area (Å²) in [7, 11) is 0. The number of hydrogen-bond acceptors (Lipinski definition) is 2. The van der Waals surface area contributed by atoms with Crippen LogP contribution in [-0.4, -0.2) is 29.8 Å². The molecule has 27 heavy (non-hydrogen) atoms. The molecule has 1 fully saturated rings. The lowest BCUT2D eigenvalue weighted by Gasteiger charge is -2.31. The summed E-state index contributed by atoms with van der Waals surface area (Å²) in [5, 5.41) is 2.81. The number of nitrogens with zero attached hydrogens (tertiary/aromatic N) is 1. The van der Waals surface area contributed by atoms with Gasteiger partial charge in [0.2, 0.25) is 5.91 Å². The summed E-state index contributed by atoms with van der Waals surface area (Å²) in [5.41, 5.74) is -0.209. The highest BCUT2D eigenvalue weighted by molar-refractivity contribution is 6.30. The summed E-state index contributed by atoms with van der Waals surface area (Å²) >= 11 is 5.80. The molecule has 2 amide bonds. The van der Waals surface area contributed by atoms with Gasteiger partial charge < -0.3 is 10.2 Å². The summed E-state index contributed by atoms with van der Waals surface area (Å²) in [6.07, 6.45) is 0.700. The molecule has 2 aromatic carbocycles. The van der Waals surface area contributed by atoms with Crippen molar-refractivity contribution in [3.63, 3.8) is 0 Å². The third kappa shape index (κ3) is 4.42. The van der Waals surface area contributed by atoms with Gasteiger partial charge in [-0.3, -0.25) is 9.59 Å². The Bertz CT molecular complexity index is 883. The molecule has 1 heterocycles. The topological polar surface area (TPSA) is 49.4 Å². The number of anilines is 1. The highest BCUT2D eigenvalue weighted by Crippen LogP contribution is 2.24. The van der Waals surface area contributed by atoms with Crippen LogP contribution in [0, 0.1) is 23.4 Å². The molecule has 1 aliphatic rings. The van der Waals surface area contributed by atoms with E-state index in [1.165, 1.54) is 17.0 Å². The Kier molecular flexibility index (Phi) is 5.70. The molecule has 142 valence electrons. The largest absolute Gasteiger partial charge is 0.339 e. The predicted octanol–water partition coefficient (Wildman–Crippen LogP) is 4.25. The predicted molar refractivity (Wildman–Crippen MR) is 95.0 cm³/mol. The molecule has 3 rings (SSSR count). The van der Waals surface area contributed by atoms with Crippen molar-refractivity contribution in [1.29, 1.82) is 0 Å². The van der Waals surface area contributed by atoms with E-state index in [-0.39, 0.29) is 30.2 Å². The van der Waals surface area contributed by atoms with Gasteiger partial charge in [-0.05, 0) is 43.2 Å². The third-order valence-electron chi connectivity index (χ3n) is 4.50. The van der Waals surface area contributed by atoms with E-state index < -0.39 is 29.3 Å². The number of likely N-dealkylation sites (tertiary alicyclic amines) is 1. The van der Waals surface area contributed by atoms with E-state index in [9.17, 15) is 22.8 Å². The normalized spacial score (nSPS) is 14.9. The number of carbonyl (C=O) groups is 2. The molecule has 0 atom stereocenters. The second-order valence-electron chi connectivity index (χ2n) is 6.30. The zero-order chi connectivity index (χ0) is 19.6. The van der Waals surface area contributed by atoms with Crippen LogP contribution in [0.3, 0.4) is 0 Å². The molecule has 1 saturated heterocycles. The molecule has 0 radical (unpaired) electrons. The lowest BCUT2D eigenvalue weighted by molar-refractivity contribution is -0.121. The second kappa shape index (κ2) is 8.00. The second-order valence-corrected chi connectivity index (χ2v) is 6.74. The zero-order valence-electron chi connectivity index (χ0n) is 14.1. The highest BCUT2D eigenvalue weighted by Gasteiger charge is 2.29. The molecular weight excluding hydrogens is 381 g/mol. The van der Waals surface area contributed by atoms with Crippen LogP contribution in [0.25, 0.3) is 0 Å². The van der Waals surface area contributed by atoms with Crippen LogP contribution in [0.15, 0.2) is 36.4 Å². The van der Waals surface area contributed by atoms with Gasteiger partial charge >= 0.3 is 0 Å². The maximum Gasteiger partial charge on any atom is 0.256 e. The molecule has 4 nitrogen and oxygen atoms in total. The number of benzene rings is 2. The minimum Gasteiger partial charge on any atom is -0.339 e. The fraction of sp³-hybridized carbons (Fsp3) is 0.263. The molecule has 0 unspecified atom stereocenters. The van der Waals surface area contributed by atoms with E-state index in [1.807, 2.05) is 0 Å². The Labute approximate surface area is 158 Å². The van der Waals surface area contributed by atoms with Crippen LogP contribution in [-0.2, 0) is 4.79 Å². The maximum absolute atomic E-state index is 13.8. The molecular formula is C19H16ClF3N2O2. The van der Waals surface area contributed by atoms with Gasteiger partial charge in [-0.25, -0.2) is 13.2 Å². The Morgan fingerprint density at radius 1 is 1.00 bits per heavy atom. The quantitative estimate of drug-likeness (QED) is 0.843. The van der Waals surface area contributed by atoms with Crippen LogP contribution in [0.5, 0.6) is 0 Å². The number of nitrogens with one attached hydrogen (secondary N) is 1. The van der Waals surface area contributed by atoms with Gasteiger partial charge in [0.15, 0.2) is 0 Å². The highest BCUT2D eigenvalue weighted by atomic mass is 35.5. The molecule has 0 saturated carbocycles. The number of carbonyl (C=O) groups excluding carboxylic acids is 2. The Morgan fingerprint density at radius 3 is 2.37 bits per heavy atom. The Morgan fingerprint density at radius 2 is 1.70 bits per heavy atom. The average molecular weight is 397 g/mol. The first-order chi connectivity index (χ1) is 12.8. The monoisotopic (exact) mass is 396 g/mol. The Hall–Kier alpha value is -2.54. The average Bonchev–Trinajstić information content (AvgIpc) is 2.64. The van der Waals surface area contributed by atoms with Crippen LogP contribution < -0.4 is 5.32 Å². The molecule has 2 aromatic rings. The zero-order valence-corrected chi connectivity index (χ0v) is 14.9. The van der Waals surface area contributed by atoms with Crippen LogP contribution in [0.1, 0.15) is 23.2 Å². The third-order valence-corrected chi connectivity index (χ3v) is 4.74. The summed E-state index contributed by atoms with van der Waals surface area (Å²) in [5.74, 6) is -3.59. The molecule has 0 aromatic heterocycles. The van der Waals surface area contributed by atoms with E-state index in [0.717, 1.165) is 18.2 Å². The number of hydrogen-bond donors (Lipinski definition) is 1. The van der Waals surface area contributed by atoms with Gasteiger partial charge in [0.25, 0.3) is 5.91 Å². The fourth-order valence-corrected chi connectivity index (χ4v) is 3.18. The first-order valence-electron chi connectivity index (χ1n) is 8.35. The van der Waals surface area contributed by atoms with Crippen molar-refractivity contribution in [2.24, 2.45) is 5.92 Å².